The summed E-state index contributed by atoms with van der Waals surface area (Å²) < 4.78 is 19.4. The molecule has 2 aliphatic carbocycles. The minimum Gasteiger partial charge on any atom is -0.381 e. The second kappa shape index (κ2) is 10.8. The molecule has 2 aromatic carbocycles. The number of methoxy groups -OCH3 is 1. The van der Waals surface area contributed by atoms with Crippen LogP contribution in [0.15, 0.2) is 95.4 Å². The highest BCUT2D eigenvalue weighted by molar-refractivity contribution is 6.12. The normalized spacial score (nSPS) is 23.3. The number of para-hydroxylation sites is 1. The van der Waals surface area contributed by atoms with Crippen LogP contribution in [-0.2, 0) is 11.2 Å². The SMILES string of the molecule is COC1CCC(N=C2C=C3C(C=C2Nc2ncccc2C#N)Cc2ccccc2N3c2ccc(F)cc2)CC1. The maximum Gasteiger partial charge on any atom is 0.148 e. The van der Waals surface area contributed by atoms with Crippen LogP contribution in [-0.4, -0.2) is 30.0 Å². The highest BCUT2D eigenvalue weighted by Gasteiger charge is 2.33. The van der Waals surface area contributed by atoms with E-state index in [1.807, 2.05) is 18.2 Å². The van der Waals surface area contributed by atoms with Gasteiger partial charge < -0.3 is 15.0 Å². The Labute approximate surface area is 228 Å². The zero-order valence-electron chi connectivity index (χ0n) is 21.8. The van der Waals surface area contributed by atoms with Gasteiger partial charge in [0.05, 0.1) is 29.1 Å². The van der Waals surface area contributed by atoms with Crippen molar-refractivity contribution in [3.8, 4) is 6.07 Å². The Bertz CT molecular complexity index is 1500. The van der Waals surface area contributed by atoms with Crippen LogP contribution in [0.5, 0.6) is 0 Å². The summed E-state index contributed by atoms with van der Waals surface area (Å²) in [5.41, 5.74) is 6.48. The lowest BCUT2D eigenvalue weighted by molar-refractivity contribution is 0.0667. The molecule has 1 N–H and O–H groups in total. The molecule has 0 radical (unpaired) electrons. The lowest BCUT2D eigenvalue weighted by atomic mass is 9.84. The largest absolute Gasteiger partial charge is 0.381 e. The van der Waals surface area contributed by atoms with Crippen molar-refractivity contribution in [1.82, 2.24) is 4.98 Å². The number of allylic oxidation sites excluding steroid dienone is 2. The van der Waals surface area contributed by atoms with Crippen LogP contribution in [0.1, 0.15) is 36.8 Å². The third-order valence-electron chi connectivity index (χ3n) is 7.80. The average molecular weight is 520 g/mol. The number of ether oxygens (including phenoxy) is 1. The molecule has 1 unspecified atom stereocenters. The molecule has 2 heterocycles. The standard InChI is InChI=1S/C32H30FN5O/c1-39-27-14-10-25(11-15-27)36-29-19-31-23(18-28(29)37-32-22(20-34)6-4-16-35-32)17-21-5-2-3-7-30(21)38(31)26-12-8-24(33)9-13-26/h2-9,12-13,16,18-19,23,25,27H,10-11,14-15,17H2,1H3,(H,35,37). The van der Waals surface area contributed by atoms with Crippen LogP contribution in [0.4, 0.5) is 21.6 Å². The molecule has 3 aromatic rings. The Morgan fingerprint density at radius 3 is 2.62 bits per heavy atom. The molecule has 0 spiro atoms. The first kappa shape index (κ1) is 25.0. The summed E-state index contributed by atoms with van der Waals surface area (Å²) in [4.78, 5) is 11.9. The first-order valence-electron chi connectivity index (χ1n) is 13.4. The minimum atomic E-state index is -0.262. The molecule has 1 saturated carbocycles. The number of halogens is 1. The third kappa shape index (κ3) is 5.08. The first-order valence-corrected chi connectivity index (χ1v) is 13.4. The van der Waals surface area contributed by atoms with Gasteiger partial charge in [0, 0.05) is 36.3 Å². The molecule has 1 aromatic heterocycles. The fraction of sp³-hybridized carbons (Fsp3) is 0.281. The van der Waals surface area contributed by atoms with Gasteiger partial charge in [0.15, 0.2) is 0 Å². The van der Waals surface area contributed by atoms with E-state index in [1.54, 1.807) is 25.4 Å². The van der Waals surface area contributed by atoms with Gasteiger partial charge in [-0.05, 0) is 92.3 Å². The molecule has 0 bridgehead atoms. The summed E-state index contributed by atoms with van der Waals surface area (Å²) in [6.07, 6.45) is 11.0. The number of fused-ring (bicyclic) bond motifs is 2. The maximum atomic E-state index is 13.9. The molecule has 0 amide bonds. The number of rotatable bonds is 5. The van der Waals surface area contributed by atoms with Gasteiger partial charge in [-0.1, -0.05) is 18.2 Å². The minimum absolute atomic E-state index is 0.0601. The van der Waals surface area contributed by atoms with Gasteiger partial charge in [0.25, 0.3) is 0 Å². The highest BCUT2D eigenvalue weighted by Crippen LogP contribution is 2.44. The van der Waals surface area contributed by atoms with E-state index < -0.39 is 0 Å². The number of benzene rings is 2. The van der Waals surface area contributed by atoms with E-state index >= 15 is 0 Å². The van der Waals surface area contributed by atoms with Crippen LogP contribution in [0.3, 0.4) is 0 Å². The number of anilines is 3. The van der Waals surface area contributed by atoms with E-state index in [9.17, 15) is 9.65 Å². The van der Waals surface area contributed by atoms with Crippen LogP contribution in [0, 0.1) is 23.1 Å². The number of hydrogen-bond acceptors (Lipinski definition) is 6. The fourth-order valence-electron chi connectivity index (χ4n) is 5.79. The number of aromatic nitrogens is 1. The van der Waals surface area contributed by atoms with Crippen molar-refractivity contribution in [2.45, 2.75) is 44.2 Å². The molecular formula is C32H30FN5O. The van der Waals surface area contributed by atoms with E-state index in [0.29, 0.717) is 17.5 Å². The molecule has 0 saturated heterocycles. The van der Waals surface area contributed by atoms with Gasteiger partial charge in [-0.2, -0.15) is 5.26 Å². The number of pyridine rings is 1. The summed E-state index contributed by atoms with van der Waals surface area (Å²) in [6.45, 7) is 0. The van der Waals surface area contributed by atoms with Crippen molar-refractivity contribution >= 4 is 22.9 Å². The topological polar surface area (TPSA) is 73.5 Å². The Morgan fingerprint density at radius 2 is 1.85 bits per heavy atom. The molecule has 6 rings (SSSR count). The summed E-state index contributed by atoms with van der Waals surface area (Å²) in [6, 6.07) is 20.9. The molecular weight excluding hydrogens is 489 g/mol. The van der Waals surface area contributed by atoms with Gasteiger partial charge in [-0.25, -0.2) is 9.37 Å². The zero-order valence-corrected chi connectivity index (χ0v) is 21.8. The summed E-state index contributed by atoms with van der Waals surface area (Å²) >= 11 is 0. The molecule has 6 nitrogen and oxygen atoms in total. The van der Waals surface area contributed by atoms with Crippen LogP contribution >= 0.6 is 0 Å². The predicted octanol–water partition coefficient (Wildman–Crippen LogP) is 6.69. The van der Waals surface area contributed by atoms with E-state index in [0.717, 1.165) is 60.6 Å². The van der Waals surface area contributed by atoms with E-state index in [2.05, 4.69) is 51.6 Å². The van der Waals surface area contributed by atoms with Gasteiger partial charge >= 0.3 is 0 Å². The van der Waals surface area contributed by atoms with Crippen molar-refractivity contribution in [2.75, 3.05) is 17.3 Å². The quantitative estimate of drug-likeness (QED) is 0.406. The molecule has 3 aliphatic rings. The summed E-state index contributed by atoms with van der Waals surface area (Å²) in [5.74, 6) is 0.317. The van der Waals surface area contributed by atoms with Crippen molar-refractivity contribution in [3.63, 3.8) is 0 Å². The fourth-order valence-corrected chi connectivity index (χ4v) is 5.79. The molecule has 1 fully saturated rings. The number of nitrogens with one attached hydrogen (secondary N) is 1. The molecule has 39 heavy (non-hydrogen) atoms. The molecule has 1 aliphatic heterocycles. The summed E-state index contributed by atoms with van der Waals surface area (Å²) in [7, 11) is 1.78. The summed E-state index contributed by atoms with van der Waals surface area (Å²) in [5, 5.41) is 13.1. The van der Waals surface area contributed by atoms with E-state index in [-0.39, 0.29) is 17.8 Å². The second-order valence-electron chi connectivity index (χ2n) is 10.2. The number of nitrogens with zero attached hydrogens (tertiary/aromatic N) is 4. The maximum absolute atomic E-state index is 13.9. The zero-order chi connectivity index (χ0) is 26.8. The number of aliphatic imine (C=N–C) groups is 1. The Hall–Kier alpha value is -4.28. The average Bonchev–Trinajstić information content (AvgIpc) is 2.97. The third-order valence-corrected chi connectivity index (χ3v) is 7.80. The lowest BCUT2D eigenvalue weighted by Gasteiger charge is -2.40. The number of hydrogen-bond donors (Lipinski definition) is 1. The monoisotopic (exact) mass is 519 g/mol. The Morgan fingerprint density at radius 1 is 1.05 bits per heavy atom. The van der Waals surface area contributed by atoms with Gasteiger partial charge in [-0.3, -0.25) is 4.99 Å². The highest BCUT2D eigenvalue weighted by atomic mass is 19.1. The Kier molecular flexibility index (Phi) is 6.95. The number of nitriles is 1. The van der Waals surface area contributed by atoms with Crippen molar-refractivity contribution in [3.05, 3.63) is 107 Å². The predicted molar refractivity (Wildman–Crippen MR) is 151 cm³/mol. The molecule has 196 valence electrons. The molecule has 1 atom stereocenters. The van der Waals surface area contributed by atoms with Crippen molar-refractivity contribution in [2.24, 2.45) is 10.9 Å². The van der Waals surface area contributed by atoms with Gasteiger partial charge in [-0.15, -0.1) is 0 Å². The van der Waals surface area contributed by atoms with E-state index in [4.69, 9.17) is 9.73 Å². The smallest absolute Gasteiger partial charge is 0.148 e. The first-order chi connectivity index (χ1) is 19.1. The van der Waals surface area contributed by atoms with Gasteiger partial charge in [0.2, 0.25) is 0 Å². The molecule has 7 heteroatoms. The van der Waals surface area contributed by atoms with Crippen LogP contribution in [0.25, 0.3) is 0 Å². The van der Waals surface area contributed by atoms with Crippen molar-refractivity contribution < 1.29 is 9.13 Å². The lowest BCUT2D eigenvalue weighted by Crippen LogP contribution is -2.34. The van der Waals surface area contributed by atoms with Crippen LogP contribution in [0.2, 0.25) is 0 Å². The van der Waals surface area contributed by atoms with Crippen molar-refractivity contribution in [1.29, 1.82) is 5.26 Å². The van der Waals surface area contributed by atoms with E-state index in [1.165, 1.54) is 17.7 Å². The second-order valence-corrected chi connectivity index (χ2v) is 10.2. The van der Waals surface area contributed by atoms with Gasteiger partial charge in [0.1, 0.15) is 17.7 Å². The van der Waals surface area contributed by atoms with Crippen LogP contribution < -0.4 is 10.2 Å². The Balaban J connectivity index is 1.44.